The Bertz CT molecular complexity index is 1370. The molecule has 0 radical (unpaired) electrons. The molecule has 6 nitrogen and oxygen atoms in total. The monoisotopic (exact) mass is 540 g/mol. The number of carbonyl (C=O) groups excluding carboxylic acids is 4. The highest BCUT2D eigenvalue weighted by molar-refractivity contribution is 6.16. The summed E-state index contributed by atoms with van der Waals surface area (Å²) in [5, 5.41) is 0. The lowest BCUT2D eigenvalue weighted by Gasteiger charge is -2.66. The first-order valence-corrected chi connectivity index (χ1v) is 14.4. The van der Waals surface area contributed by atoms with E-state index >= 15 is 0 Å². The molecule has 2 bridgehead atoms. The summed E-state index contributed by atoms with van der Waals surface area (Å²) < 4.78 is 12.0. The second kappa shape index (κ2) is 9.83. The van der Waals surface area contributed by atoms with E-state index < -0.39 is 28.2 Å². The van der Waals surface area contributed by atoms with E-state index in [0.717, 1.165) is 25.7 Å². The van der Waals surface area contributed by atoms with Gasteiger partial charge in [-0.15, -0.1) is 0 Å². The van der Waals surface area contributed by atoms with Gasteiger partial charge in [0.05, 0.1) is 29.8 Å². The molecule has 0 heterocycles. The molecule has 0 aromatic heterocycles. The minimum absolute atomic E-state index is 0.0145. The second-order valence-electron chi connectivity index (χ2n) is 12.7. The molecular formula is C34H36O6. The van der Waals surface area contributed by atoms with Crippen LogP contribution < -0.4 is 0 Å². The highest BCUT2D eigenvalue weighted by Gasteiger charge is 2.72. The largest absolute Gasteiger partial charge is 0.462 e. The first kappa shape index (κ1) is 26.7. The van der Waals surface area contributed by atoms with E-state index in [9.17, 15) is 19.2 Å². The third-order valence-electron chi connectivity index (χ3n) is 10.7. The van der Waals surface area contributed by atoms with Gasteiger partial charge in [-0.05, 0) is 79.7 Å². The Morgan fingerprint density at radius 3 is 2.08 bits per heavy atom. The lowest BCUT2D eigenvalue weighted by atomic mass is 9.36. The molecule has 0 amide bonds. The van der Waals surface area contributed by atoms with Crippen molar-refractivity contribution in [1.82, 2.24) is 0 Å². The molecule has 5 saturated carbocycles. The molecule has 0 N–H and O–H groups in total. The molecule has 6 heteroatoms. The summed E-state index contributed by atoms with van der Waals surface area (Å²) in [6.45, 7) is 6.50. The molecule has 5 fully saturated rings. The summed E-state index contributed by atoms with van der Waals surface area (Å²) in [7, 11) is 0. The Hall–Kier alpha value is -3.54. The summed E-state index contributed by atoms with van der Waals surface area (Å²) in [5.41, 5.74) is -0.615. The summed E-state index contributed by atoms with van der Waals surface area (Å²) in [5.74, 6) is -1.27. The second-order valence-corrected chi connectivity index (χ2v) is 12.7. The third kappa shape index (κ3) is 3.98. The van der Waals surface area contributed by atoms with Gasteiger partial charge in [0.2, 0.25) is 0 Å². The van der Waals surface area contributed by atoms with E-state index in [0.29, 0.717) is 29.5 Å². The van der Waals surface area contributed by atoms with Crippen LogP contribution in [-0.4, -0.2) is 36.7 Å². The van der Waals surface area contributed by atoms with Crippen LogP contribution in [0.15, 0.2) is 72.8 Å². The van der Waals surface area contributed by atoms with Gasteiger partial charge in [0, 0.05) is 17.3 Å². The first-order chi connectivity index (χ1) is 19.2. The summed E-state index contributed by atoms with van der Waals surface area (Å²) in [6.07, 6.45) is 4.62. The average Bonchev–Trinajstić information content (AvgIpc) is 2.99. The molecule has 5 aliphatic rings. The molecule has 40 heavy (non-hydrogen) atoms. The Balaban J connectivity index is 1.35. The van der Waals surface area contributed by atoms with Crippen LogP contribution in [0.25, 0.3) is 0 Å². The van der Waals surface area contributed by atoms with Crippen LogP contribution in [0.2, 0.25) is 0 Å². The zero-order chi connectivity index (χ0) is 28.1. The fourth-order valence-electron chi connectivity index (χ4n) is 8.72. The number of benzene rings is 2. The van der Waals surface area contributed by atoms with Gasteiger partial charge in [-0.25, -0.2) is 9.59 Å². The Morgan fingerprint density at radius 2 is 1.45 bits per heavy atom. The van der Waals surface area contributed by atoms with Crippen molar-refractivity contribution in [3.8, 4) is 0 Å². The van der Waals surface area contributed by atoms with E-state index in [1.807, 2.05) is 12.1 Å². The number of rotatable bonds is 6. The molecule has 208 valence electrons. The third-order valence-corrected chi connectivity index (χ3v) is 10.7. The molecule has 5 aliphatic carbocycles. The van der Waals surface area contributed by atoms with Crippen molar-refractivity contribution in [1.29, 1.82) is 0 Å². The summed E-state index contributed by atoms with van der Waals surface area (Å²) in [4.78, 5) is 53.9. The molecule has 2 aromatic carbocycles. The molecule has 0 aliphatic heterocycles. The van der Waals surface area contributed by atoms with E-state index in [-0.39, 0.29) is 49.0 Å². The highest BCUT2D eigenvalue weighted by Crippen LogP contribution is 2.70. The van der Waals surface area contributed by atoms with Gasteiger partial charge >= 0.3 is 11.9 Å². The number of carbonyl (C=O) groups is 4. The number of esters is 2. The quantitative estimate of drug-likeness (QED) is 0.253. The van der Waals surface area contributed by atoms with Crippen molar-refractivity contribution in [3.63, 3.8) is 0 Å². The zero-order valence-electron chi connectivity index (χ0n) is 23.0. The molecule has 7 rings (SSSR count). The van der Waals surface area contributed by atoms with E-state index in [1.54, 1.807) is 48.5 Å². The normalized spacial score (nSPS) is 34.5. The van der Waals surface area contributed by atoms with Crippen LogP contribution in [-0.2, 0) is 19.1 Å². The van der Waals surface area contributed by atoms with Gasteiger partial charge in [-0.2, -0.15) is 0 Å². The van der Waals surface area contributed by atoms with Gasteiger partial charge in [-0.1, -0.05) is 56.3 Å². The minimum atomic E-state index is -1.08. The zero-order valence-corrected chi connectivity index (χ0v) is 23.0. The first-order valence-electron chi connectivity index (χ1n) is 14.4. The van der Waals surface area contributed by atoms with Crippen LogP contribution in [0.5, 0.6) is 0 Å². The number of hydrogen-bond donors (Lipinski definition) is 0. The maximum atomic E-state index is 14.1. The molecule has 1 spiro atoms. The molecule has 2 aromatic rings. The number of ether oxygens (including phenoxy) is 2. The number of hydrogen-bond acceptors (Lipinski definition) is 6. The van der Waals surface area contributed by atoms with E-state index in [1.165, 1.54) is 0 Å². The number of Topliss-reactive ketones (excluding diaryl/α,β-unsaturated/α-hetero) is 2. The Kier molecular flexibility index (Phi) is 6.55. The molecular weight excluding hydrogens is 504 g/mol. The van der Waals surface area contributed by atoms with Crippen molar-refractivity contribution in [2.75, 3.05) is 13.2 Å². The van der Waals surface area contributed by atoms with Gasteiger partial charge < -0.3 is 9.47 Å². The maximum Gasteiger partial charge on any atom is 0.338 e. The van der Waals surface area contributed by atoms with E-state index in [4.69, 9.17) is 9.47 Å². The van der Waals surface area contributed by atoms with Crippen molar-refractivity contribution in [3.05, 3.63) is 83.9 Å². The number of ketones is 2. The predicted molar refractivity (Wildman–Crippen MR) is 148 cm³/mol. The maximum absolute atomic E-state index is 14.1. The van der Waals surface area contributed by atoms with Gasteiger partial charge in [0.15, 0.2) is 5.78 Å². The molecule has 6 atom stereocenters. The summed E-state index contributed by atoms with van der Waals surface area (Å²) >= 11 is 0. The van der Waals surface area contributed by atoms with Gasteiger partial charge in [0.1, 0.15) is 5.78 Å². The smallest absolute Gasteiger partial charge is 0.338 e. The van der Waals surface area contributed by atoms with Crippen molar-refractivity contribution in [2.24, 2.45) is 34.0 Å². The number of allylic oxidation sites excluding steroid dienone is 1. The van der Waals surface area contributed by atoms with Crippen LogP contribution in [0, 0.1) is 34.0 Å². The van der Waals surface area contributed by atoms with Crippen molar-refractivity contribution in [2.45, 2.75) is 51.9 Å². The Labute approximate surface area is 235 Å². The lowest BCUT2D eigenvalue weighted by molar-refractivity contribution is -0.200. The topological polar surface area (TPSA) is 86.7 Å². The van der Waals surface area contributed by atoms with Crippen molar-refractivity contribution >= 4 is 23.5 Å². The lowest BCUT2D eigenvalue weighted by Crippen LogP contribution is -2.69. The van der Waals surface area contributed by atoms with Crippen LogP contribution in [0.3, 0.4) is 0 Å². The molecule has 3 unspecified atom stereocenters. The average molecular weight is 541 g/mol. The Morgan fingerprint density at radius 1 is 0.850 bits per heavy atom. The van der Waals surface area contributed by atoms with Crippen molar-refractivity contribution < 1.29 is 28.7 Å². The standard InChI is InChI=1S/C34H36O6/c1-22-25-14-17-34(29(22)36)27(18-25)33(21-40-31(38)24-12-7-4-8-13-24)16-9-15-32(2,26(33)19-28(34)35)20-39-30(37)23-10-5-3-6-11-23/h3-8,10-13,25-27H,1,9,14-21H2,2H3/t25-,26?,27?,32-,33-,34?/m0/s1. The predicted octanol–water partition coefficient (Wildman–Crippen LogP) is 6.01. The van der Waals surface area contributed by atoms with Crippen LogP contribution in [0.4, 0.5) is 0 Å². The number of fused-ring (bicyclic) bond motifs is 3. The van der Waals surface area contributed by atoms with E-state index in [2.05, 4.69) is 13.5 Å². The van der Waals surface area contributed by atoms with Crippen LogP contribution in [0.1, 0.15) is 72.6 Å². The van der Waals surface area contributed by atoms with Gasteiger partial charge in [0.25, 0.3) is 0 Å². The fraction of sp³-hybridized carbons (Fsp3) is 0.471. The SMILES string of the molecule is C=C1C(=O)C23CC[C@H]1CC2[C@]1(COC(=O)c2ccccc2)CCC[C@@](C)(COC(=O)c2ccccc2)C1CC3=O. The molecule has 0 saturated heterocycles. The van der Waals surface area contributed by atoms with Crippen LogP contribution >= 0.6 is 0 Å². The minimum Gasteiger partial charge on any atom is -0.462 e. The highest BCUT2D eigenvalue weighted by atomic mass is 16.5. The van der Waals surface area contributed by atoms with Gasteiger partial charge in [-0.3, -0.25) is 9.59 Å². The summed E-state index contributed by atoms with van der Waals surface area (Å²) in [6, 6.07) is 17.8. The fourth-order valence-corrected chi connectivity index (χ4v) is 8.72.